The predicted molar refractivity (Wildman–Crippen MR) is 124 cm³/mol. The summed E-state index contributed by atoms with van der Waals surface area (Å²) in [5.74, 6) is -1.47. The largest absolute Gasteiger partial charge is 0.455 e. The first-order valence-electron chi connectivity index (χ1n) is 10.6. The fourth-order valence-electron chi connectivity index (χ4n) is 3.24. The molecule has 12 heteroatoms. The van der Waals surface area contributed by atoms with Crippen molar-refractivity contribution in [2.24, 2.45) is 0 Å². The maximum Gasteiger partial charge on any atom is 0.416 e. The lowest BCUT2D eigenvalue weighted by molar-refractivity contribution is -0.137. The molecule has 0 fully saturated rings. The van der Waals surface area contributed by atoms with Crippen LogP contribution in [0.5, 0.6) is 0 Å². The standard InChI is InChI=1S/C23H24BrF3N4O4/c1-22(2,3)35-21(34)20-19(24)16-13-30(10-11-31(16)29-20)18(33)12-28-17(32)9-6-14-4-7-15(8-5-14)23(25,26)27/h4-9H,10-13H2,1-3H3,(H,28,32)/b9-6+. The van der Waals surface area contributed by atoms with Crippen molar-refractivity contribution in [1.29, 1.82) is 0 Å². The van der Waals surface area contributed by atoms with E-state index < -0.39 is 29.2 Å². The van der Waals surface area contributed by atoms with E-state index in [1.165, 1.54) is 23.1 Å². The van der Waals surface area contributed by atoms with Crippen molar-refractivity contribution in [3.63, 3.8) is 0 Å². The number of amides is 2. The van der Waals surface area contributed by atoms with Gasteiger partial charge in [-0.1, -0.05) is 12.1 Å². The molecule has 0 radical (unpaired) electrons. The number of esters is 1. The second kappa shape index (κ2) is 10.2. The number of hydrogen-bond donors (Lipinski definition) is 1. The van der Waals surface area contributed by atoms with Gasteiger partial charge >= 0.3 is 12.1 Å². The lowest BCUT2D eigenvalue weighted by Crippen LogP contribution is -2.43. The summed E-state index contributed by atoms with van der Waals surface area (Å²) in [5.41, 5.74) is -0.279. The number of halogens is 4. The van der Waals surface area contributed by atoms with E-state index in [0.29, 0.717) is 28.8 Å². The van der Waals surface area contributed by atoms with Crippen molar-refractivity contribution in [2.75, 3.05) is 13.1 Å². The van der Waals surface area contributed by atoms with Crippen LogP contribution in [-0.2, 0) is 33.6 Å². The third-order valence-corrected chi connectivity index (χ3v) is 5.77. The van der Waals surface area contributed by atoms with Gasteiger partial charge in [0.25, 0.3) is 0 Å². The Hall–Kier alpha value is -3.15. The molecule has 2 amide bonds. The first-order chi connectivity index (χ1) is 16.2. The Morgan fingerprint density at radius 2 is 1.80 bits per heavy atom. The number of benzene rings is 1. The van der Waals surface area contributed by atoms with Crippen molar-refractivity contribution < 1.29 is 32.3 Å². The monoisotopic (exact) mass is 556 g/mol. The van der Waals surface area contributed by atoms with Crippen LogP contribution in [0, 0.1) is 0 Å². The van der Waals surface area contributed by atoms with Crippen molar-refractivity contribution in [3.05, 3.63) is 57.3 Å². The molecule has 1 N–H and O–H groups in total. The van der Waals surface area contributed by atoms with Crippen LogP contribution in [0.4, 0.5) is 13.2 Å². The lowest BCUT2D eigenvalue weighted by Gasteiger charge is -2.28. The Morgan fingerprint density at radius 1 is 1.14 bits per heavy atom. The van der Waals surface area contributed by atoms with E-state index in [1.807, 2.05) is 0 Å². The smallest absolute Gasteiger partial charge is 0.416 e. The minimum Gasteiger partial charge on any atom is -0.455 e. The Morgan fingerprint density at radius 3 is 2.40 bits per heavy atom. The molecule has 0 aliphatic carbocycles. The van der Waals surface area contributed by atoms with E-state index in [0.717, 1.165) is 18.2 Å². The van der Waals surface area contributed by atoms with Crippen LogP contribution >= 0.6 is 15.9 Å². The molecule has 1 aliphatic heterocycles. The summed E-state index contributed by atoms with van der Waals surface area (Å²) in [5, 5.41) is 6.76. The number of fused-ring (bicyclic) bond motifs is 1. The van der Waals surface area contributed by atoms with Crippen LogP contribution in [0.15, 0.2) is 34.8 Å². The molecule has 1 aromatic heterocycles. The van der Waals surface area contributed by atoms with Crippen LogP contribution in [0.25, 0.3) is 6.08 Å². The molecular formula is C23H24BrF3N4O4. The van der Waals surface area contributed by atoms with Crippen LogP contribution in [0.1, 0.15) is 48.1 Å². The Labute approximate surface area is 208 Å². The average Bonchev–Trinajstić information content (AvgIpc) is 3.10. The van der Waals surface area contributed by atoms with Crippen LogP contribution in [0.2, 0.25) is 0 Å². The zero-order valence-corrected chi connectivity index (χ0v) is 20.9. The second-order valence-corrected chi connectivity index (χ2v) is 9.61. The summed E-state index contributed by atoms with van der Waals surface area (Å²) in [6, 6.07) is 4.35. The van der Waals surface area contributed by atoms with Crippen molar-refractivity contribution in [2.45, 2.75) is 45.6 Å². The van der Waals surface area contributed by atoms with Gasteiger partial charge in [-0.05, 0) is 60.5 Å². The number of alkyl halides is 3. The summed E-state index contributed by atoms with van der Waals surface area (Å²) >= 11 is 3.38. The topological polar surface area (TPSA) is 93.5 Å². The minimum atomic E-state index is -4.43. The fourth-order valence-corrected chi connectivity index (χ4v) is 3.82. The number of carbonyl (C=O) groups excluding carboxylic acids is 3. The minimum absolute atomic E-state index is 0.130. The third kappa shape index (κ3) is 6.93. The zero-order chi connectivity index (χ0) is 26.0. The number of carbonyl (C=O) groups is 3. The van der Waals surface area contributed by atoms with Crippen molar-refractivity contribution >= 4 is 39.8 Å². The molecule has 1 aromatic carbocycles. The zero-order valence-electron chi connectivity index (χ0n) is 19.3. The first kappa shape index (κ1) is 26.5. The van der Waals surface area contributed by atoms with Crippen LogP contribution < -0.4 is 5.32 Å². The van der Waals surface area contributed by atoms with E-state index in [-0.39, 0.29) is 24.7 Å². The van der Waals surface area contributed by atoms with Gasteiger partial charge in [0.2, 0.25) is 11.8 Å². The van der Waals surface area contributed by atoms with Gasteiger partial charge in [0.05, 0.1) is 35.4 Å². The molecule has 188 valence electrons. The molecule has 0 atom stereocenters. The van der Waals surface area contributed by atoms with Gasteiger partial charge in [-0.15, -0.1) is 0 Å². The summed E-state index contributed by atoms with van der Waals surface area (Å²) < 4.78 is 45.3. The molecule has 3 rings (SSSR count). The van der Waals surface area contributed by atoms with Gasteiger partial charge in [0.15, 0.2) is 5.69 Å². The molecule has 0 spiro atoms. The summed E-state index contributed by atoms with van der Waals surface area (Å²) in [6.07, 6.45) is -1.93. The third-order valence-electron chi connectivity index (χ3n) is 4.94. The fraction of sp³-hybridized carbons (Fsp3) is 0.391. The Kier molecular flexibility index (Phi) is 7.73. The number of hydrogen-bond acceptors (Lipinski definition) is 5. The molecule has 0 bridgehead atoms. The van der Waals surface area contributed by atoms with Crippen molar-refractivity contribution in [1.82, 2.24) is 20.0 Å². The maximum atomic E-state index is 12.6. The maximum absolute atomic E-state index is 12.6. The quantitative estimate of drug-likeness (QED) is 0.446. The highest BCUT2D eigenvalue weighted by atomic mass is 79.9. The molecule has 0 saturated heterocycles. The molecule has 0 unspecified atom stereocenters. The van der Waals surface area contributed by atoms with Gasteiger partial charge < -0.3 is 15.0 Å². The Bertz CT molecular complexity index is 1150. The summed E-state index contributed by atoms with van der Waals surface area (Å²) in [4.78, 5) is 38.6. The number of aromatic nitrogens is 2. The van der Waals surface area contributed by atoms with Crippen molar-refractivity contribution in [3.8, 4) is 0 Å². The number of nitrogens with zero attached hydrogens (tertiary/aromatic N) is 3. The van der Waals surface area contributed by atoms with Gasteiger partial charge in [0, 0.05) is 12.6 Å². The molecule has 2 aromatic rings. The summed E-state index contributed by atoms with van der Waals surface area (Å²) in [6.45, 7) is 5.88. The van der Waals surface area contributed by atoms with E-state index in [9.17, 15) is 27.6 Å². The molecule has 35 heavy (non-hydrogen) atoms. The SMILES string of the molecule is CC(C)(C)OC(=O)c1nn2c(c1Br)CN(C(=O)CNC(=O)/C=C/c1ccc(C(F)(F)F)cc1)CC2. The molecule has 0 saturated carbocycles. The summed E-state index contributed by atoms with van der Waals surface area (Å²) in [7, 11) is 0. The van der Waals surface area contributed by atoms with E-state index in [4.69, 9.17) is 4.74 Å². The van der Waals surface area contributed by atoms with Crippen LogP contribution in [0.3, 0.4) is 0 Å². The van der Waals surface area contributed by atoms with Gasteiger partial charge in [-0.3, -0.25) is 14.3 Å². The van der Waals surface area contributed by atoms with Gasteiger partial charge in [-0.2, -0.15) is 18.3 Å². The van der Waals surface area contributed by atoms with E-state index >= 15 is 0 Å². The molecule has 2 heterocycles. The predicted octanol–water partition coefficient (Wildman–Crippen LogP) is 3.79. The Balaban J connectivity index is 1.55. The van der Waals surface area contributed by atoms with E-state index in [1.54, 1.807) is 25.5 Å². The second-order valence-electron chi connectivity index (χ2n) is 8.82. The first-order valence-corrected chi connectivity index (χ1v) is 11.4. The van der Waals surface area contributed by atoms with Gasteiger partial charge in [0.1, 0.15) is 5.60 Å². The molecular weight excluding hydrogens is 533 g/mol. The van der Waals surface area contributed by atoms with Crippen LogP contribution in [-0.4, -0.2) is 51.2 Å². The highest BCUT2D eigenvalue weighted by Crippen LogP contribution is 2.29. The number of ether oxygens (including phenoxy) is 1. The molecule has 1 aliphatic rings. The number of nitrogens with one attached hydrogen (secondary N) is 1. The number of rotatable bonds is 5. The average molecular weight is 557 g/mol. The van der Waals surface area contributed by atoms with E-state index in [2.05, 4.69) is 26.3 Å². The lowest BCUT2D eigenvalue weighted by atomic mass is 10.1. The van der Waals surface area contributed by atoms with Gasteiger partial charge in [-0.25, -0.2) is 4.79 Å². The molecule has 8 nitrogen and oxygen atoms in total. The highest BCUT2D eigenvalue weighted by molar-refractivity contribution is 9.10. The normalized spacial score (nSPS) is 14.1. The highest BCUT2D eigenvalue weighted by Gasteiger charge is 2.31.